The van der Waals surface area contributed by atoms with Crippen molar-refractivity contribution >= 4 is 50.3 Å². The molecule has 5 N–H and O–H groups in total. The summed E-state index contributed by atoms with van der Waals surface area (Å²) in [5.41, 5.74) is 4.45. The van der Waals surface area contributed by atoms with Crippen molar-refractivity contribution in [3.8, 4) is 22.6 Å². The van der Waals surface area contributed by atoms with Crippen LogP contribution in [-0.2, 0) is 29.3 Å². The van der Waals surface area contributed by atoms with Gasteiger partial charge in [0.1, 0.15) is 24.1 Å². The van der Waals surface area contributed by atoms with Crippen LogP contribution < -0.4 is 20.1 Å². The van der Waals surface area contributed by atoms with E-state index in [1.165, 1.54) is 0 Å². The second-order valence-electron chi connectivity index (χ2n) is 12.2. The predicted molar refractivity (Wildman–Crippen MR) is 194 cm³/mol. The molecule has 2 heterocycles. The molecule has 0 unspecified atom stereocenters. The SMILES string of the molecule is CCNC(=O)COc1cc(OCc2cccc(-c3cccc4c3cnn4CCCCN3CC[C@@H](O)C3)c2Br)c(Cl)cc1CN[C@@H](CO)C(=O)O. The number of carboxylic acids is 1. The summed E-state index contributed by atoms with van der Waals surface area (Å²) in [7, 11) is 0. The molecule has 0 bridgehead atoms. The predicted octanol–water partition coefficient (Wildman–Crippen LogP) is 4.60. The smallest absolute Gasteiger partial charge is 0.323 e. The van der Waals surface area contributed by atoms with E-state index in [-0.39, 0.29) is 42.5 Å². The van der Waals surface area contributed by atoms with E-state index in [1.54, 1.807) is 19.1 Å². The number of carbonyl (C=O) groups excluding carboxylic acids is 1. The Hall–Kier alpha value is -3.72. The molecule has 1 aliphatic heterocycles. The fraction of sp³-hybridized carbons (Fsp3) is 0.417. The molecule has 0 radical (unpaired) electrons. The third-order valence-corrected chi connectivity index (χ3v) is 9.88. The lowest BCUT2D eigenvalue weighted by molar-refractivity contribution is -0.140. The highest BCUT2D eigenvalue weighted by Crippen LogP contribution is 2.38. The van der Waals surface area contributed by atoms with Crippen LogP contribution in [0.2, 0.25) is 5.02 Å². The number of nitrogens with zero attached hydrogens (tertiary/aromatic N) is 3. The van der Waals surface area contributed by atoms with Gasteiger partial charge in [0.25, 0.3) is 5.91 Å². The molecule has 4 aromatic rings. The fourth-order valence-corrected chi connectivity index (χ4v) is 6.83. The second kappa shape index (κ2) is 18.0. The number of likely N-dealkylation sites (tertiary alicyclic amines) is 1. The van der Waals surface area contributed by atoms with Gasteiger partial charge >= 0.3 is 5.97 Å². The van der Waals surface area contributed by atoms with Gasteiger partial charge in [-0.05, 0) is 71.9 Å². The number of nitrogens with one attached hydrogen (secondary N) is 2. The van der Waals surface area contributed by atoms with Crippen molar-refractivity contribution in [3.63, 3.8) is 0 Å². The summed E-state index contributed by atoms with van der Waals surface area (Å²) in [5, 5.41) is 40.0. The van der Waals surface area contributed by atoms with Gasteiger partial charge in [-0.15, -0.1) is 0 Å². The molecule has 0 saturated carbocycles. The van der Waals surface area contributed by atoms with Crippen LogP contribution in [-0.4, -0.2) is 93.4 Å². The van der Waals surface area contributed by atoms with Crippen LogP contribution in [0, 0.1) is 0 Å². The minimum Gasteiger partial charge on any atom is -0.487 e. The number of ether oxygens (including phenoxy) is 2. The van der Waals surface area contributed by atoms with Gasteiger partial charge in [0.15, 0.2) is 6.61 Å². The maximum absolute atomic E-state index is 12.1. The van der Waals surface area contributed by atoms with Crippen molar-refractivity contribution in [1.82, 2.24) is 25.3 Å². The lowest BCUT2D eigenvalue weighted by Gasteiger charge is -2.18. The van der Waals surface area contributed by atoms with Crippen LogP contribution in [0.5, 0.6) is 11.5 Å². The van der Waals surface area contributed by atoms with E-state index in [9.17, 15) is 24.9 Å². The van der Waals surface area contributed by atoms with Gasteiger partial charge in [-0.1, -0.05) is 41.9 Å². The topological polar surface area (TPSA) is 158 Å². The molecule has 2 atom stereocenters. The van der Waals surface area contributed by atoms with Crippen LogP contribution in [0.4, 0.5) is 0 Å². The van der Waals surface area contributed by atoms with Crippen molar-refractivity contribution in [2.45, 2.75) is 58.0 Å². The summed E-state index contributed by atoms with van der Waals surface area (Å²) in [6, 6.07) is 14.1. The van der Waals surface area contributed by atoms with E-state index in [2.05, 4.69) is 48.3 Å². The van der Waals surface area contributed by atoms with Crippen LogP contribution in [0.15, 0.2) is 59.2 Å². The fourth-order valence-electron chi connectivity index (χ4n) is 6.00. The number of unbranched alkanes of at least 4 members (excludes halogenated alkanes) is 1. The van der Waals surface area contributed by atoms with Crippen molar-refractivity contribution in [2.75, 3.05) is 39.4 Å². The molecular formula is C36H43BrClN5O7. The first kappa shape index (κ1) is 37.5. The molecule has 0 aliphatic carbocycles. The van der Waals surface area contributed by atoms with Gasteiger partial charge in [-0.3, -0.25) is 19.6 Å². The lowest BCUT2D eigenvalue weighted by atomic mass is 10.00. The number of amides is 1. The molecule has 1 fully saturated rings. The summed E-state index contributed by atoms with van der Waals surface area (Å²) in [6.07, 6.45) is 4.61. The molecule has 1 saturated heterocycles. The molecule has 5 rings (SSSR count). The lowest BCUT2D eigenvalue weighted by Crippen LogP contribution is -2.39. The number of fused-ring (bicyclic) bond motifs is 1. The quantitative estimate of drug-likeness (QED) is 0.0907. The molecule has 1 amide bonds. The van der Waals surface area contributed by atoms with E-state index in [1.807, 2.05) is 30.5 Å². The van der Waals surface area contributed by atoms with Crippen molar-refractivity contribution in [2.24, 2.45) is 0 Å². The van der Waals surface area contributed by atoms with Crippen molar-refractivity contribution in [1.29, 1.82) is 0 Å². The zero-order chi connectivity index (χ0) is 35.6. The molecule has 50 heavy (non-hydrogen) atoms. The Labute approximate surface area is 304 Å². The van der Waals surface area contributed by atoms with Gasteiger partial charge < -0.3 is 35.0 Å². The summed E-state index contributed by atoms with van der Waals surface area (Å²) >= 11 is 10.4. The van der Waals surface area contributed by atoms with Crippen LogP contribution >= 0.6 is 27.5 Å². The zero-order valence-corrected chi connectivity index (χ0v) is 30.3. The number of aromatic nitrogens is 2. The minimum absolute atomic E-state index is 0.0155. The average molecular weight is 773 g/mol. The summed E-state index contributed by atoms with van der Waals surface area (Å²) in [4.78, 5) is 25.9. The number of carbonyl (C=O) groups is 2. The van der Waals surface area contributed by atoms with E-state index in [4.69, 9.17) is 26.2 Å². The zero-order valence-electron chi connectivity index (χ0n) is 27.9. The number of aliphatic carboxylic acids is 1. The van der Waals surface area contributed by atoms with Gasteiger partial charge in [0, 0.05) is 59.8 Å². The maximum atomic E-state index is 12.1. The highest BCUT2D eigenvalue weighted by atomic mass is 79.9. The van der Waals surface area contributed by atoms with Gasteiger partial charge in [-0.25, -0.2) is 0 Å². The Bertz CT molecular complexity index is 1790. The minimum atomic E-state index is -1.20. The molecule has 14 heteroatoms. The third kappa shape index (κ3) is 9.53. The van der Waals surface area contributed by atoms with Crippen LogP contribution in [0.1, 0.15) is 37.3 Å². The Morgan fingerprint density at radius 2 is 1.86 bits per heavy atom. The summed E-state index contributed by atoms with van der Waals surface area (Å²) in [6.45, 7) is 5.08. The first-order valence-corrected chi connectivity index (χ1v) is 17.9. The Kier molecular flexibility index (Phi) is 13.5. The second-order valence-corrected chi connectivity index (χ2v) is 13.4. The van der Waals surface area contributed by atoms with E-state index in [0.717, 1.165) is 77.5 Å². The molecule has 1 aromatic heterocycles. The maximum Gasteiger partial charge on any atom is 0.323 e. The molecular weight excluding hydrogens is 730 g/mol. The number of aliphatic hydroxyl groups excluding tert-OH is 2. The summed E-state index contributed by atoms with van der Waals surface area (Å²) < 4.78 is 14.9. The van der Waals surface area contributed by atoms with Crippen LogP contribution in [0.3, 0.4) is 0 Å². The number of rotatable bonds is 18. The number of benzene rings is 3. The number of β-amino-alcohol motifs (C(OH)–C–C–N with tert-alkyl or cyclic N) is 1. The number of hydrogen-bond acceptors (Lipinski definition) is 9. The number of aryl methyl sites for hydroxylation is 1. The Balaban J connectivity index is 1.30. The van der Waals surface area contributed by atoms with Gasteiger partial charge in [-0.2, -0.15) is 5.10 Å². The van der Waals surface area contributed by atoms with E-state index >= 15 is 0 Å². The van der Waals surface area contributed by atoms with E-state index < -0.39 is 18.6 Å². The standard InChI is InChI=1S/C36H43BrClN5O7/c1-2-39-34(46)22-50-32-16-33(29(38)15-24(32)17-40-30(20-44)36(47)48)49-21-23-7-5-9-27(35(23)37)26-8-6-10-31-28(26)18-41-43(31)13-4-3-12-42-14-11-25(45)19-42/h5-10,15-16,18,25,30,40,44-45H,2-4,11-14,17,19-22H2,1H3,(H,39,46)(H,47,48)/t25-,30+/m1/s1. The van der Waals surface area contributed by atoms with Gasteiger partial charge in [0.05, 0.1) is 29.4 Å². The number of aliphatic hydroxyl groups is 2. The van der Waals surface area contributed by atoms with Gasteiger partial charge in [0.2, 0.25) is 0 Å². The number of likely N-dealkylation sites (N-methyl/N-ethyl adjacent to an activating group) is 1. The normalized spacial score (nSPS) is 15.3. The number of halogens is 2. The molecule has 3 aromatic carbocycles. The van der Waals surface area contributed by atoms with Crippen molar-refractivity contribution < 1.29 is 34.4 Å². The van der Waals surface area contributed by atoms with E-state index in [0.29, 0.717) is 17.9 Å². The molecule has 12 nitrogen and oxygen atoms in total. The molecule has 268 valence electrons. The highest BCUT2D eigenvalue weighted by molar-refractivity contribution is 9.10. The van der Waals surface area contributed by atoms with Crippen LogP contribution in [0.25, 0.3) is 22.0 Å². The first-order valence-electron chi connectivity index (χ1n) is 16.7. The average Bonchev–Trinajstić information content (AvgIpc) is 3.72. The number of carboxylic acid groups (broad SMARTS) is 1. The third-order valence-electron chi connectivity index (χ3n) is 8.65. The Morgan fingerprint density at radius 1 is 1.08 bits per heavy atom. The summed E-state index contributed by atoms with van der Waals surface area (Å²) in [5.74, 6) is -0.910. The molecule has 1 aliphatic rings. The number of hydrogen-bond donors (Lipinski definition) is 5. The van der Waals surface area contributed by atoms with Crippen molar-refractivity contribution in [3.05, 3.63) is 75.4 Å². The largest absolute Gasteiger partial charge is 0.487 e. The monoisotopic (exact) mass is 771 g/mol. The first-order chi connectivity index (χ1) is 24.2. The highest BCUT2D eigenvalue weighted by Gasteiger charge is 2.21. The molecule has 0 spiro atoms. The Morgan fingerprint density at radius 3 is 2.60 bits per heavy atom.